The van der Waals surface area contributed by atoms with E-state index in [1.165, 1.54) is 11.8 Å². The Morgan fingerprint density at radius 1 is 1.50 bits per heavy atom. The summed E-state index contributed by atoms with van der Waals surface area (Å²) < 4.78 is 5.17. The zero-order valence-corrected chi connectivity index (χ0v) is 9.27. The van der Waals surface area contributed by atoms with Crippen molar-refractivity contribution in [3.8, 4) is 0 Å². The summed E-state index contributed by atoms with van der Waals surface area (Å²) in [5, 5.41) is 0. The Hall–Kier alpha value is -1.84. The highest BCUT2D eigenvalue weighted by atomic mass is 16.6. The lowest BCUT2D eigenvalue weighted by Crippen LogP contribution is -2.17. The van der Waals surface area contributed by atoms with Crippen LogP contribution in [0.2, 0.25) is 0 Å². The van der Waals surface area contributed by atoms with Crippen LogP contribution >= 0.6 is 0 Å². The summed E-state index contributed by atoms with van der Waals surface area (Å²) in [7, 11) is 1.69. The zero-order valence-electron chi connectivity index (χ0n) is 9.27. The molecule has 1 fully saturated rings. The van der Waals surface area contributed by atoms with Gasteiger partial charge in [-0.25, -0.2) is 4.79 Å². The SMILES string of the molecule is CC(=O)c1cccc(C2CN(C)C(=O)O2)c1. The predicted molar refractivity (Wildman–Crippen MR) is 58.3 cm³/mol. The van der Waals surface area contributed by atoms with Gasteiger partial charge in [0.05, 0.1) is 6.54 Å². The van der Waals surface area contributed by atoms with Gasteiger partial charge in [0.1, 0.15) is 6.10 Å². The first-order valence-corrected chi connectivity index (χ1v) is 5.10. The third-order valence-electron chi connectivity index (χ3n) is 2.66. The number of Topliss-reactive ketones (excluding diaryl/α,β-unsaturated/α-hetero) is 1. The minimum Gasteiger partial charge on any atom is -0.439 e. The van der Waals surface area contributed by atoms with E-state index < -0.39 is 0 Å². The van der Waals surface area contributed by atoms with E-state index in [0.29, 0.717) is 12.1 Å². The zero-order chi connectivity index (χ0) is 11.7. The smallest absolute Gasteiger partial charge is 0.410 e. The summed E-state index contributed by atoms with van der Waals surface area (Å²) in [6, 6.07) is 7.20. The van der Waals surface area contributed by atoms with Crippen LogP contribution in [-0.2, 0) is 4.74 Å². The number of cyclic esters (lactones) is 1. The Balaban J connectivity index is 2.25. The van der Waals surface area contributed by atoms with Crippen molar-refractivity contribution in [3.05, 3.63) is 35.4 Å². The molecule has 0 bridgehead atoms. The van der Waals surface area contributed by atoms with Crippen molar-refractivity contribution in [2.24, 2.45) is 0 Å². The molecule has 1 heterocycles. The molecule has 0 aromatic heterocycles. The molecule has 1 aliphatic rings. The molecular weight excluding hydrogens is 206 g/mol. The van der Waals surface area contributed by atoms with Crippen molar-refractivity contribution in [2.45, 2.75) is 13.0 Å². The standard InChI is InChI=1S/C12H13NO3/c1-8(14)9-4-3-5-10(6-9)11-7-13(2)12(15)16-11/h3-6,11H,7H2,1-2H3. The number of rotatable bonds is 2. The topological polar surface area (TPSA) is 46.6 Å². The van der Waals surface area contributed by atoms with Crippen LogP contribution < -0.4 is 0 Å². The molecule has 4 nitrogen and oxygen atoms in total. The number of carbonyl (C=O) groups is 2. The van der Waals surface area contributed by atoms with Crippen molar-refractivity contribution in [2.75, 3.05) is 13.6 Å². The summed E-state index contributed by atoms with van der Waals surface area (Å²) in [4.78, 5) is 24.0. The van der Waals surface area contributed by atoms with Crippen LogP contribution in [0.4, 0.5) is 4.79 Å². The molecule has 1 aliphatic heterocycles. The summed E-state index contributed by atoms with van der Waals surface area (Å²) >= 11 is 0. The number of benzene rings is 1. The second-order valence-corrected chi connectivity index (χ2v) is 3.93. The summed E-state index contributed by atoms with van der Waals surface area (Å²) in [5.41, 5.74) is 1.51. The highest BCUT2D eigenvalue weighted by molar-refractivity contribution is 5.94. The number of hydrogen-bond acceptors (Lipinski definition) is 3. The molecule has 1 aromatic carbocycles. The van der Waals surface area contributed by atoms with E-state index in [2.05, 4.69) is 0 Å². The summed E-state index contributed by atoms with van der Waals surface area (Å²) in [5.74, 6) is 0.0135. The van der Waals surface area contributed by atoms with Gasteiger partial charge in [-0.05, 0) is 18.6 Å². The van der Waals surface area contributed by atoms with Crippen LogP contribution in [0.15, 0.2) is 24.3 Å². The molecule has 0 aliphatic carbocycles. The molecule has 1 aromatic rings. The molecule has 4 heteroatoms. The molecule has 2 rings (SSSR count). The second kappa shape index (κ2) is 3.96. The minimum atomic E-state index is -0.321. The van der Waals surface area contributed by atoms with Gasteiger partial charge in [-0.15, -0.1) is 0 Å². The Morgan fingerprint density at radius 2 is 2.25 bits per heavy atom. The van der Waals surface area contributed by atoms with Crippen molar-refractivity contribution >= 4 is 11.9 Å². The van der Waals surface area contributed by atoms with Gasteiger partial charge in [-0.1, -0.05) is 18.2 Å². The molecule has 1 amide bonds. The van der Waals surface area contributed by atoms with Crippen LogP contribution in [0, 0.1) is 0 Å². The van der Waals surface area contributed by atoms with Gasteiger partial charge in [0.25, 0.3) is 0 Å². The Morgan fingerprint density at radius 3 is 2.81 bits per heavy atom. The Labute approximate surface area is 93.8 Å². The summed E-state index contributed by atoms with van der Waals surface area (Å²) in [6.07, 6.45) is -0.588. The van der Waals surface area contributed by atoms with Crippen molar-refractivity contribution in [1.29, 1.82) is 0 Å². The van der Waals surface area contributed by atoms with Gasteiger partial charge < -0.3 is 9.64 Å². The van der Waals surface area contributed by atoms with E-state index in [1.54, 1.807) is 25.2 Å². The molecule has 84 valence electrons. The number of ether oxygens (including phenoxy) is 1. The second-order valence-electron chi connectivity index (χ2n) is 3.93. The van der Waals surface area contributed by atoms with Crippen LogP contribution in [0.1, 0.15) is 28.9 Å². The number of ketones is 1. The van der Waals surface area contributed by atoms with Gasteiger partial charge in [-0.2, -0.15) is 0 Å². The van der Waals surface area contributed by atoms with Crippen molar-refractivity contribution in [1.82, 2.24) is 4.90 Å². The highest BCUT2D eigenvalue weighted by Crippen LogP contribution is 2.25. The fourth-order valence-corrected chi connectivity index (χ4v) is 1.70. The average Bonchev–Trinajstić information content (AvgIpc) is 2.59. The maximum Gasteiger partial charge on any atom is 0.410 e. The molecular formula is C12H13NO3. The number of amides is 1. The molecule has 16 heavy (non-hydrogen) atoms. The normalized spacial score (nSPS) is 19.8. The number of likely N-dealkylation sites (N-methyl/N-ethyl adjacent to an activating group) is 1. The third-order valence-corrected chi connectivity index (χ3v) is 2.66. The van der Waals surface area contributed by atoms with E-state index in [9.17, 15) is 9.59 Å². The lowest BCUT2D eigenvalue weighted by Gasteiger charge is -2.09. The molecule has 0 saturated carbocycles. The molecule has 1 unspecified atom stereocenters. The van der Waals surface area contributed by atoms with E-state index in [-0.39, 0.29) is 18.0 Å². The third kappa shape index (κ3) is 1.91. The average molecular weight is 219 g/mol. The Bertz CT molecular complexity index is 442. The first kappa shape index (κ1) is 10.7. The van der Waals surface area contributed by atoms with Crippen LogP contribution in [0.25, 0.3) is 0 Å². The first-order chi connectivity index (χ1) is 7.58. The molecule has 1 atom stereocenters. The number of carbonyl (C=O) groups excluding carboxylic acids is 2. The quantitative estimate of drug-likeness (QED) is 0.715. The molecule has 0 spiro atoms. The molecule has 1 saturated heterocycles. The first-order valence-electron chi connectivity index (χ1n) is 5.10. The van der Waals surface area contributed by atoms with Gasteiger partial charge in [-0.3, -0.25) is 4.79 Å². The van der Waals surface area contributed by atoms with Crippen LogP contribution in [-0.4, -0.2) is 30.4 Å². The van der Waals surface area contributed by atoms with Crippen molar-refractivity contribution < 1.29 is 14.3 Å². The molecule has 0 N–H and O–H groups in total. The largest absolute Gasteiger partial charge is 0.439 e. The van der Waals surface area contributed by atoms with Crippen LogP contribution in [0.3, 0.4) is 0 Å². The van der Waals surface area contributed by atoms with E-state index in [0.717, 1.165) is 5.56 Å². The van der Waals surface area contributed by atoms with Crippen molar-refractivity contribution in [3.63, 3.8) is 0 Å². The fraction of sp³-hybridized carbons (Fsp3) is 0.333. The fourth-order valence-electron chi connectivity index (χ4n) is 1.70. The van der Waals surface area contributed by atoms with E-state index in [4.69, 9.17) is 4.74 Å². The number of hydrogen-bond donors (Lipinski definition) is 0. The molecule has 0 radical (unpaired) electrons. The van der Waals surface area contributed by atoms with Gasteiger partial charge >= 0.3 is 6.09 Å². The van der Waals surface area contributed by atoms with E-state index in [1.807, 2.05) is 6.07 Å². The van der Waals surface area contributed by atoms with Gasteiger partial charge in [0, 0.05) is 12.6 Å². The maximum atomic E-state index is 11.2. The highest BCUT2D eigenvalue weighted by Gasteiger charge is 2.29. The lowest BCUT2D eigenvalue weighted by molar-refractivity contribution is 0.101. The minimum absolute atomic E-state index is 0.0135. The number of nitrogens with zero attached hydrogens (tertiary/aromatic N) is 1. The van der Waals surface area contributed by atoms with Gasteiger partial charge in [0.2, 0.25) is 0 Å². The monoisotopic (exact) mass is 219 g/mol. The predicted octanol–water partition coefficient (Wildman–Crippen LogP) is 2.01. The lowest BCUT2D eigenvalue weighted by atomic mass is 10.0. The van der Waals surface area contributed by atoms with Gasteiger partial charge in [0.15, 0.2) is 5.78 Å². The van der Waals surface area contributed by atoms with Crippen LogP contribution in [0.5, 0.6) is 0 Å². The maximum absolute atomic E-state index is 11.2. The van der Waals surface area contributed by atoms with E-state index >= 15 is 0 Å². The Kier molecular flexibility index (Phi) is 2.64. The summed E-state index contributed by atoms with van der Waals surface area (Å²) in [6.45, 7) is 2.05.